The third-order valence-electron chi connectivity index (χ3n) is 1.78. The molecule has 0 spiro atoms. The van der Waals surface area contributed by atoms with Crippen molar-refractivity contribution in [3.05, 3.63) is 35.4 Å². The molecule has 1 rings (SSSR count). The Balaban J connectivity index is 2.92. The maximum absolute atomic E-state index is 11.5. The van der Waals surface area contributed by atoms with E-state index in [1.807, 2.05) is 0 Å². The average Bonchev–Trinajstić information content (AvgIpc) is 2.25. The molecule has 1 aromatic carbocycles. The van der Waals surface area contributed by atoms with Crippen LogP contribution in [-0.4, -0.2) is 28.9 Å². The van der Waals surface area contributed by atoms with Gasteiger partial charge in [0.15, 0.2) is 0 Å². The van der Waals surface area contributed by atoms with Crippen LogP contribution in [0.1, 0.15) is 20.7 Å². The molecule has 5 heteroatoms. The van der Waals surface area contributed by atoms with Gasteiger partial charge in [0.25, 0.3) is 5.91 Å². The third kappa shape index (κ3) is 3.06. The molecule has 0 heterocycles. The second-order valence-corrected chi connectivity index (χ2v) is 3.59. The van der Waals surface area contributed by atoms with E-state index in [2.05, 4.69) is 21.2 Å². The lowest BCUT2D eigenvalue weighted by atomic mass is 10.1. The van der Waals surface area contributed by atoms with Crippen molar-refractivity contribution in [3.8, 4) is 0 Å². The molecule has 0 saturated carbocycles. The SMILES string of the molecule is O=C(O)c1ccccc1C(=O)NCCBr. The smallest absolute Gasteiger partial charge is 0.336 e. The van der Waals surface area contributed by atoms with Crippen LogP contribution in [0.15, 0.2) is 24.3 Å². The van der Waals surface area contributed by atoms with Gasteiger partial charge in [0.2, 0.25) is 0 Å². The first-order valence-electron chi connectivity index (χ1n) is 4.33. The zero-order valence-corrected chi connectivity index (χ0v) is 9.45. The van der Waals surface area contributed by atoms with Gasteiger partial charge in [-0.05, 0) is 12.1 Å². The molecule has 0 aliphatic carbocycles. The van der Waals surface area contributed by atoms with Gasteiger partial charge in [0.1, 0.15) is 0 Å². The molecule has 1 amide bonds. The van der Waals surface area contributed by atoms with Crippen LogP contribution in [-0.2, 0) is 0 Å². The normalized spacial score (nSPS) is 9.67. The van der Waals surface area contributed by atoms with Crippen LogP contribution in [0.4, 0.5) is 0 Å². The van der Waals surface area contributed by atoms with Crippen LogP contribution < -0.4 is 5.32 Å². The summed E-state index contributed by atoms with van der Waals surface area (Å²) in [6.45, 7) is 0.465. The lowest BCUT2D eigenvalue weighted by molar-refractivity contribution is 0.0691. The van der Waals surface area contributed by atoms with E-state index >= 15 is 0 Å². The summed E-state index contributed by atoms with van der Waals surface area (Å²) in [5.41, 5.74) is 0.204. The quantitative estimate of drug-likeness (QED) is 0.816. The summed E-state index contributed by atoms with van der Waals surface area (Å²) in [6, 6.07) is 6.12. The van der Waals surface area contributed by atoms with Gasteiger partial charge in [-0.25, -0.2) is 4.79 Å². The minimum atomic E-state index is -1.10. The van der Waals surface area contributed by atoms with Crippen LogP contribution >= 0.6 is 15.9 Å². The summed E-state index contributed by atoms with van der Waals surface area (Å²) in [6.07, 6.45) is 0. The van der Waals surface area contributed by atoms with E-state index in [1.54, 1.807) is 12.1 Å². The highest BCUT2D eigenvalue weighted by Crippen LogP contribution is 2.08. The number of benzene rings is 1. The molecule has 0 fully saturated rings. The number of aromatic carboxylic acids is 1. The Morgan fingerprint density at radius 3 is 2.40 bits per heavy atom. The summed E-state index contributed by atoms with van der Waals surface area (Å²) in [5, 5.41) is 12.1. The molecule has 0 aliphatic heterocycles. The van der Waals surface area contributed by atoms with E-state index < -0.39 is 5.97 Å². The molecule has 80 valence electrons. The number of carboxylic acids is 1. The van der Waals surface area contributed by atoms with Crippen molar-refractivity contribution in [2.75, 3.05) is 11.9 Å². The summed E-state index contributed by atoms with van der Waals surface area (Å²) in [5.74, 6) is -1.47. The highest BCUT2D eigenvalue weighted by atomic mass is 79.9. The Morgan fingerprint density at radius 2 is 1.87 bits per heavy atom. The topological polar surface area (TPSA) is 66.4 Å². The van der Waals surface area contributed by atoms with Crippen molar-refractivity contribution in [1.82, 2.24) is 5.32 Å². The first-order valence-corrected chi connectivity index (χ1v) is 5.45. The maximum Gasteiger partial charge on any atom is 0.336 e. The molecule has 0 atom stereocenters. The second kappa shape index (κ2) is 5.50. The van der Waals surface area contributed by atoms with Gasteiger partial charge < -0.3 is 10.4 Å². The van der Waals surface area contributed by atoms with Crippen molar-refractivity contribution < 1.29 is 14.7 Å². The molecule has 0 radical (unpaired) electrons. The molecule has 0 unspecified atom stereocenters. The van der Waals surface area contributed by atoms with Crippen molar-refractivity contribution >= 4 is 27.8 Å². The molecule has 0 aromatic heterocycles. The minimum absolute atomic E-state index is 0.0181. The van der Waals surface area contributed by atoms with Gasteiger partial charge in [-0.2, -0.15) is 0 Å². The molecule has 0 aliphatic rings. The van der Waals surface area contributed by atoms with Crippen molar-refractivity contribution in [1.29, 1.82) is 0 Å². The molecule has 2 N–H and O–H groups in total. The molecule has 1 aromatic rings. The predicted octanol–water partition coefficient (Wildman–Crippen LogP) is 1.51. The number of hydrogen-bond donors (Lipinski definition) is 2. The minimum Gasteiger partial charge on any atom is -0.478 e. The van der Waals surface area contributed by atoms with Crippen molar-refractivity contribution in [2.45, 2.75) is 0 Å². The number of nitrogens with one attached hydrogen (secondary N) is 1. The average molecular weight is 272 g/mol. The number of rotatable bonds is 4. The molecular weight excluding hydrogens is 262 g/mol. The Kier molecular flexibility index (Phi) is 4.30. The lowest BCUT2D eigenvalue weighted by Gasteiger charge is -2.05. The first-order chi connectivity index (χ1) is 7.16. The van der Waals surface area contributed by atoms with E-state index in [4.69, 9.17) is 5.11 Å². The van der Waals surface area contributed by atoms with E-state index in [1.165, 1.54) is 12.1 Å². The largest absolute Gasteiger partial charge is 0.478 e. The van der Waals surface area contributed by atoms with E-state index in [9.17, 15) is 9.59 Å². The number of hydrogen-bond acceptors (Lipinski definition) is 2. The van der Waals surface area contributed by atoms with Gasteiger partial charge in [-0.3, -0.25) is 4.79 Å². The predicted molar refractivity (Wildman–Crippen MR) is 59.5 cm³/mol. The number of carbonyl (C=O) groups is 2. The highest BCUT2D eigenvalue weighted by Gasteiger charge is 2.14. The lowest BCUT2D eigenvalue weighted by Crippen LogP contribution is -2.26. The number of carboxylic acid groups (broad SMARTS) is 1. The summed E-state index contributed by atoms with van der Waals surface area (Å²) in [7, 11) is 0. The third-order valence-corrected chi connectivity index (χ3v) is 2.18. The molecule has 15 heavy (non-hydrogen) atoms. The maximum atomic E-state index is 11.5. The summed E-state index contributed by atoms with van der Waals surface area (Å²) < 4.78 is 0. The van der Waals surface area contributed by atoms with Crippen LogP contribution in [0, 0.1) is 0 Å². The number of amides is 1. The van der Waals surface area contributed by atoms with E-state index in [-0.39, 0.29) is 17.0 Å². The number of carbonyl (C=O) groups excluding carboxylic acids is 1. The van der Waals surface area contributed by atoms with Gasteiger partial charge in [-0.1, -0.05) is 28.1 Å². The fraction of sp³-hybridized carbons (Fsp3) is 0.200. The second-order valence-electron chi connectivity index (χ2n) is 2.80. The van der Waals surface area contributed by atoms with Crippen LogP contribution in [0.25, 0.3) is 0 Å². The summed E-state index contributed by atoms with van der Waals surface area (Å²) >= 11 is 3.17. The Bertz CT molecular complexity index is 379. The van der Waals surface area contributed by atoms with E-state index in [0.29, 0.717) is 11.9 Å². The standard InChI is InChI=1S/C10H10BrNO3/c11-5-6-12-9(13)7-3-1-2-4-8(7)10(14)15/h1-4H,5-6H2,(H,12,13)(H,14,15). The number of halogens is 1. The van der Waals surface area contributed by atoms with Gasteiger partial charge in [0.05, 0.1) is 11.1 Å². The Hall–Kier alpha value is -1.36. The highest BCUT2D eigenvalue weighted by molar-refractivity contribution is 9.09. The van der Waals surface area contributed by atoms with Gasteiger partial charge in [0, 0.05) is 11.9 Å². The first kappa shape index (κ1) is 11.7. The van der Waals surface area contributed by atoms with Crippen LogP contribution in [0.3, 0.4) is 0 Å². The van der Waals surface area contributed by atoms with Crippen LogP contribution in [0.2, 0.25) is 0 Å². The Morgan fingerprint density at radius 1 is 1.27 bits per heavy atom. The van der Waals surface area contributed by atoms with Crippen molar-refractivity contribution in [3.63, 3.8) is 0 Å². The fourth-order valence-corrected chi connectivity index (χ4v) is 1.32. The summed E-state index contributed by atoms with van der Waals surface area (Å²) in [4.78, 5) is 22.3. The van der Waals surface area contributed by atoms with Crippen LogP contribution in [0.5, 0.6) is 0 Å². The molecule has 0 bridgehead atoms. The van der Waals surface area contributed by atoms with Gasteiger partial charge in [-0.15, -0.1) is 0 Å². The number of alkyl halides is 1. The van der Waals surface area contributed by atoms with Gasteiger partial charge >= 0.3 is 5.97 Å². The fourth-order valence-electron chi connectivity index (χ4n) is 1.12. The Labute approximate surface area is 95.4 Å². The molecule has 4 nitrogen and oxygen atoms in total. The van der Waals surface area contributed by atoms with E-state index in [0.717, 1.165) is 0 Å². The zero-order chi connectivity index (χ0) is 11.3. The van der Waals surface area contributed by atoms with Crippen molar-refractivity contribution in [2.24, 2.45) is 0 Å². The zero-order valence-electron chi connectivity index (χ0n) is 7.87. The monoisotopic (exact) mass is 271 g/mol. The molecule has 0 saturated heterocycles. The molecular formula is C10H10BrNO3.